The van der Waals surface area contributed by atoms with Crippen molar-refractivity contribution in [3.63, 3.8) is 0 Å². The number of amides is 2. The molecule has 0 spiro atoms. The van der Waals surface area contributed by atoms with Crippen LogP contribution in [0, 0.1) is 5.41 Å². The predicted octanol–water partition coefficient (Wildman–Crippen LogP) is 5.66. The number of aryl methyl sites for hydroxylation is 1. The zero-order chi connectivity index (χ0) is 40.4. The number of allylic oxidation sites excluding steroid dienone is 1. The van der Waals surface area contributed by atoms with Crippen molar-refractivity contribution in [3.8, 4) is 17.1 Å². The monoisotopic (exact) mass is 787 g/mol. The molecule has 296 valence electrons. The third-order valence-corrected chi connectivity index (χ3v) is 9.04. The number of hydrogen-bond acceptors (Lipinski definition) is 10. The van der Waals surface area contributed by atoms with Gasteiger partial charge in [0.1, 0.15) is 30.0 Å². The SMILES string of the molecule is CC.CCc1ncnc(-c2cccc3c2CCCO3)[nH]n(CC(=O)Nc2ccc(C(F)(F)F)cc2Cl)c(=O)c1N1CCN(C(=O)/C(NC)=C(\O)C(C)=N)CC1. The summed E-state index contributed by atoms with van der Waals surface area (Å²) in [6.45, 7) is 7.70. The molecular weight excluding hydrogens is 743 g/mol. The van der Waals surface area contributed by atoms with Crippen molar-refractivity contribution in [3.05, 3.63) is 86.4 Å². The molecule has 1 saturated heterocycles. The van der Waals surface area contributed by atoms with Crippen LogP contribution < -0.4 is 25.8 Å². The lowest BCUT2D eigenvalue weighted by atomic mass is 9.99. The first-order valence-corrected chi connectivity index (χ1v) is 18.2. The molecule has 3 aromatic rings. The molecule has 1 fully saturated rings. The molecule has 0 radical (unpaired) electrons. The van der Waals surface area contributed by atoms with E-state index in [-0.39, 0.29) is 66.2 Å². The number of likely N-dealkylation sites (N-methyl/N-ethyl adjacent to an activating group) is 1. The van der Waals surface area contributed by atoms with Crippen LogP contribution in [0.1, 0.15) is 50.9 Å². The van der Waals surface area contributed by atoms with Crippen molar-refractivity contribution in [2.45, 2.75) is 59.7 Å². The Balaban J connectivity index is 0.00000331. The van der Waals surface area contributed by atoms with Crippen LogP contribution in [0.4, 0.5) is 24.5 Å². The van der Waals surface area contributed by atoms with Crippen molar-refractivity contribution in [1.29, 1.82) is 5.41 Å². The molecule has 5 rings (SSSR count). The maximum atomic E-state index is 14.7. The van der Waals surface area contributed by atoms with Gasteiger partial charge in [-0.1, -0.05) is 44.5 Å². The Bertz CT molecular complexity index is 2060. The minimum absolute atomic E-state index is 0.0853. The Kier molecular flexibility index (Phi) is 14.3. The lowest BCUT2D eigenvalue weighted by molar-refractivity contribution is -0.137. The third kappa shape index (κ3) is 9.95. The summed E-state index contributed by atoms with van der Waals surface area (Å²) in [5, 5.41) is 25.9. The van der Waals surface area contributed by atoms with E-state index in [0.29, 0.717) is 36.1 Å². The molecule has 0 saturated carbocycles. The van der Waals surface area contributed by atoms with E-state index in [9.17, 15) is 32.7 Å². The number of fused-ring (bicyclic) bond motifs is 1. The van der Waals surface area contributed by atoms with Crippen LogP contribution in [-0.2, 0) is 35.2 Å². The fraction of sp³-hybridized carbons (Fsp3) is 0.405. The van der Waals surface area contributed by atoms with Gasteiger partial charge in [0.2, 0.25) is 5.91 Å². The number of anilines is 2. The fourth-order valence-corrected chi connectivity index (χ4v) is 6.26. The first-order valence-electron chi connectivity index (χ1n) is 17.8. The zero-order valence-corrected chi connectivity index (χ0v) is 32.0. The van der Waals surface area contributed by atoms with Gasteiger partial charge in [-0.25, -0.2) is 14.6 Å². The first kappa shape index (κ1) is 42.2. The quantitative estimate of drug-likeness (QED) is 0.104. The fourth-order valence-electron chi connectivity index (χ4n) is 6.04. The molecule has 18 heteroatoms. The normalized spacial score (nSPS) is 14.3. The number of aliphatic hydroxyl groups is 1. The van der Waals surface area contributed by atoms with Crippen molar-refractivity contribution < 1.29 is 32.6 Å². The largest absolute Gasteiger partial charge is 0.504 e. The van der Waals surface area contributed by atoms with Gasteiger partial charge in [0.15, 0.2) is 11.6 Å². The molecule has 14 nitrogen and oxygen atoms in total. The van der Waals surface area contributed by atoms with E-state index < -0.39 is 41.4 Å². The van der Waals surface area contributed by atoms with E-state index in [1.165, 1.54) is 25.2 Å². The number of H-pyrrole nitrogens is 1. The van der Waals surface area contributed by atoms with Gasteiger partial charge in [-0.05, 0) is 50.5 Å². The highest BCUT2D eigenvalue weighted by atomic mass is 35.5. The first-order chi connectivity index (χ1) is 26.2. The minimum atomic E-state index is -4.64. The van der Waals surface area contributed by atoms with Crippen LogP contribution in [0.2, 0.25) is 5.02 Å². The van der Waals surface area contributed by atoms with E-state index in [2.05, 4.69) is 25.7 Å². The maximum Gasteiger partial charge on any atom is 0.416 e. The summed E-state index contributed by atoms with van der Waals surface area (Å²) in [4.78, 5) is 53.8. The molecule has 2 amide bonds. The molecular formula is C37H45ClF3N9O5. The van der Waals surface area contributed by atoms with Crippen LogP contribution in [0.15, 0.2) is 59.0 Å². The number of carbonyl (C=O) groups is 2. The standard InChI is InChI=1S/C35H39ClF3N9O5.C2H6/c1-4-25-30(46-12-14-47(15-13-46)33(51)29(41-3)31(50)20(2)40)34(52)48(18-28(49)44-26-11-10-21(17-24(26)36)35(37,38)39)45-32(43-19-42-25)23-7-5-9-27-22(23)8-6-16-53-27;1-2/h5,7,9-11,17,19,40-41,50H,4,6,8,12-16,18H2,1-3H3,(H,44,49)(H,42,43,45);1-2H3/b30-25?,31-29+,40-20?;. The third-order valence-electron chi connectivity index (χ3n) is 8.73. The van der Waals surface area contributed by atoms with Crippen molar-refractivity contribution in [1.82, 2.24) is 30.0 Å². The molecule has 0 aliphatic carbocycles. The summed E-state index contributed by atoms with van der Waals surface area (Å²) in [7, 11) is 1.47. The number of nitrogens with one attached hydrogen (secondary N) is 4. The van der Waals surface area contributed by atoms with E-state index in [1.54, 1.807) is 24.0 Å². The Hall–Kier alpha value is -5.58. The summed E-state index contributed by atoms with van der Waals surface area (Å²) in [6, 6.07) is 7.92. The highest BCUT2D eigenvalue weighted by Gasteiger charge is 2.31. The van der Waals surface area contributed by atoms with Gasteiger partial charge in [0.05, 0.1) is 34.3 Å². The molecule has 2 aromatic carbocycles. The number of alkyl halides is 3. The molecule has 55 heavy (non-hydrogen) atoms. The highest BCUT2D eigenvalue weighted by molar-refractivity contribution is 6.33. The maximum absolute atomic E-state index is 14.7. The number of hydrogen-bond donors (Lipinski definition) is 5. The predicted molar refractivity (Wildman–Crippen MR) is 204 cm³/mol. The van der Waals surface area contributed by atoms with Gasteiger partial charge in [-0.2, -0.15) is 13.2 Å². The van der Waals surface area contributed by atoms with Gasteiger partial charge in [0.25, 0.3) is 11.5 Å². The smallest absolute Gasteiger partial charge is 0.416 e. The number of carbonyl (C=O) groups excluding carboxylic acids is 2. The minimum Gasteiger partial charge on any atom is -0.504 e. The van der Waals surface area contributed by atoms with Crippen LogP contribution in [0.3, 0.4) is 0 Å². The average Bonchev–Trinajstić information content (AvgIpc) is 3.23. The molecule has 0 atom stereocenters. The summed E-state index contributed by atoms with van der Waals surface area (Å²) in [5.74, 6) is -0.912. The Morgan fingerprint density at radius 1 is 1.11 bits per heavy atom. The van der Waals surface area contributed by atoms with E-state index in [4.69, 9.17) is 21.7 Å². The Morgan fingerprint density at radius 2 is 1.82 bits per heavy atom. The number of rotatable bonds is 9. The number of aliphatic hydroxyl groups excluding tert-OH is 1. The van der Waals surface area contributed by atoms with E-state index in [1.807, 2.05) is 19.9 Å². The average molecular weight is 788 g/mol. The van der Waals surface area contributed by atoms with Crippen molar-refractivity contribution in [2.75, 3.05) is 50.1 Å². The van der Waals surface area contributed by atoms with E-state index in [0.717, 1.165) is 28.8 Å². The molecule has 1 aromatic heterocycles. The van der Waals surface area contributed by atoms with Crippen molar-refractivity contribution >= 4 is 40.5 Å². The number of aromatic amines is 1. The molecule has 2 aliphatic heterocycles. The highest BCUT2D eigenvalue weighted by Crippen LogP contribution is 2.34. The van der Waals surface area contributed by atoms with Gasteiger partial charge in [-0.15, -0.1) is 0 Å². The lowest BCUT2D eigenvalue weighted by Gasteiger charge is -2.36. The summed E-state index contributed by atoms with van der Waals surface area (Å²) >= 11 is 6.12. The second kappa shape index (κ2) is 18.6. The Labute approximate surface area is 321 Å². The van der Waals surface area contributed by atoms with Gasteiger partial charge >= 0.3 is 6.18 Å². The molecule has 2 aliphatic rings. The molecule has 3 heterocycles. The second-order valence-electron chi connectivity index (χ2n) is 12.2. The van der Waals surface area contributed by atoms with Crippen LogP contribution in [-0.4, -0.2) is 87.1 Å². The van der Waals surface area contributed by atoms with Crippen LogP contribution in [0.25, 0.3) is 11.4 Å². The number of benzene rings is 2. The summed E-state index contributed by atoms with van der Waals surface area (Å²) < 4.78 is 46.6. The summed E-state index contributed by atoms with van der Waals surface area (Å²) in [5.41, 5.74) is -0.0974. The molecule has 5 N–H and O–H groups in total. The van der Waals surface area contributed by atoms with Crippen LogP contribution >= 0.6 is 11.6 Å². The number of nitrogens with zero attached hydrogens (tertiary/aromatic N) is 5. The topological polar surface area (TPSA) is 182 Å². The summed E-state index contributed by atoms with van der Waals surface area (Å²) in [6.07, 6.45) is -1.63. The van der Waals surface area contributed by atoms with Crippen LogP contribution in [0.5, 0.6) is 5.75 Å². The number of aromatic nitrogens is 4. The molecule has 0 unspecified atom stereocenters. The number of halogens is 4. The second-order valence-corrected chi connectivity index (χ2v) is 12.6. The van der Waals surface area contributed by atoms with Gasteiger partial charge in [-0.3, -0.25) is 19.5 Å². The van der Waals surface area contributed by atoms with Gasteiger partial charge in [0, 0.05) is 44.4 Å². The number of ether oxygens (including phenoxy) is 1. The number of piperazine rings is 1. The molecule has 0 bridgehead atoms. The van der Waals surface area contributed by atoms with Gasteiger partial charge < -0.3 is 35.7 Å². The lowest BCUT2D eigenvalue weighted by Crippen LogP contribution is -2.52. The van der Waals surface area contributed by atoms with E-state index >= 15 is 0 Å². The zero-order valence-electron chi connectivity index (χ0n) is 31.2. The van der Waals surface area contributed by atoms with Crippen molar-refractivity contribution in [2.24, 2.45) is 0 Å². The Morgan fingerprint density at radius 3 is 2.44 bits per heavy atom.